The Hall–Kier alpha value is -2.51. The van der Waals surface area contributed by atoms with Crippen LogP contribution in [-0.2, 0) is 0 Å². The zero-order valence-corrected chi connectivity index (χ0v) is 7.38. The van der Waals surface area contributed by atoms with E-state index in [1.165, 1.54) is 6.33 Å². The SMILES string of the molecule is c1n[nH]c(-c2noc(-c3cn[nH]c3)n2)n1. The first-order valence-electron chi connectivity index (χ1n) is 4.12. The number of hydrogen-bond donors (Lipinski definition) is 2. The summed E-state index contributed by atoms with van der Waals surface area (Å²) in [6, 6.07) is 0. The minimum Gasteiger partial charge on any atom is -0.333 e. The minimum absolute atomic E-state index is 0.365. The molecule has 3 rings (SSSR count). The predicted octanol–water partition coefficient (Wildman–Crippen LogP) is 0.245. The van der Waals surface area contributed by atoms with Gasteiger partial charge in [-0.25, -0.2) is 4.98 Å². The molecule has 0 atom stereocenters. The van der Waals surface area contributed by atoms with Gasteiger partial charge in [-0.1, -0.05) is 5.16 Å². The lowest BCUT2D eigenvalue weighted by molar-refractivity contribution is 0.432. The summed E-state index contributed by atoms with van der Waals surface area (Å²) >= 11 is 0. The Labute approximate surface area is 82.7 Å². The Bertz CT molecular complexity index is 489. The van der Waals surface area contributed by atoms with Crippen LogP contribution in [0, 0.1) is 0 Å². The van der Waals surface area contributed by atoms with Crippen LogP contribution < -0.4 is 0 Å². The van der Waals surface area contributed by atoms with Crippen molar-refractivity contribution in [1.82, 2.24) is 35.5 Å². The molecular weight excluding hydrogens is 198 g/mol. The Morgan fingerprint density at radius 3 is 3.00 bits per heavy atom. The second-order valence-corrected chi connectivity index (χ2v) is 2.74. The van der Waals surface area contributed by atoms with Gasteiger partial charge in [0.25, 0.3) is 5.89 Å². The van der Waals surface area contributed by atoms with E-state index in [0.29, 0.717) is 17.5 Å². The molecule has 8 heteroatoms. The van der Waals surface area contributed by atoms with Crippen LogP contribution in [0.3, 0.4) is 0 Å². The summed E-state index contributed by atoms with van der Waals surface area (Å²) in [5, 5.41) is 16.5. The third-order valence-corrected chi connectivity index (χ3v) is 1.80. The maximum Gasteiger partial charge on any atom is 0.261 e. The lowest BCUT2D eigenvalue weighted by Gasteiger charge is -1.82. The molecule has 0 spiro atoms. The molecule has 15 heavy (non-hydrogen) atoms. The summed E-state index contributed by atoms with van der Waals surface area (Å²) in [7, 11) is 0. The van der Waals surface area contributed by atoms with Crippen molar-refractivity contribution in [1.29, 1.82) is 0 Å². The van der Waals surface area contributed by atoms with Gasteiger partial charge in [-0.05, 0) is 0 Å². The fraction of sp³-hybridized carbons (Fsp3) is 0. The Morgan fingerprint density at radius 2 is 2.27 bits per heavy atom. The number of rotatable bonds is 2. The van der Waals surface area contributed by atoms with E-state index in [1.807, 2.05) is 0 Å². The van der Waals surface area contributed by atoms with E-state index in [1.54, 1.807) is 12.4 Å². The molecule has 3 heterocycles. The van der Waals surface area contributed by atoms with Crippen LogP contribution >= 0.6 is 0 Å². The second kappa shape index (κ2) is 3.01. The lowest BCUT2D eigenvalue weighted by Crippen LogP contribution is -1.83. The summed E-state index contributed by atoms with van der Waals surface area (Å²) in [4.78, 5) is 8.03. The summed E-state index contributed by atoms with van der Waals surface area (Å²) in [5.74, 6) is 1.22. The maximum absolute atomic E-state index is 5.02. The zero-order chi connectivity index (χ0) is 10.1. The van der Waals surface area contributed by atoms with Crippen molar-refractivity contribution in [3.8, 4) is 23.1 Å². The van der Waals surface area contributed by atoms with Crippen molar-refractivity contribution in [2.75, 3.05) is 0 Å². The third kappa shape index (κ3) is 1.27. The van der Waals surface area contributed by atoms with Crippen molar-refractivity contribution in [3.05, 3.63) is 18.7 Å². The molecule has 0 aromatic carbocycles. The topological polar surface area (TPSA) is 109 Å². The molecule has 0 bridgehead atoms. The molecule has 2 N–H and O–H groups in total. The Morgan fingerprint density at radius 1 is 1.27 bits per heavy atom. The first-order valence-corrected chi connectivity index (χ1v) is 4.12. The number of H-pyrrole nitrogens is 2. The van der Waals surface area contributed by atoms with E-state index in [4.69, 9.17) is 4.52 Å². The van der Waals surface area contributed by atoms with Gasteiger partial charge in [0.15, 0.2) is 5.82 Å². The second-order valence-electron chi connectivity index (χ2n) is 2.74. The van der Waals surface area contributed by atoms with E-state index in [-0.39, 0.29) is 0 Å². The summed E-state index contributed by atoms with van der Waals surface area (Å²) in [5.41, 5.74) is 0.730. The van der Waals surface area contributed by atoms with Crippen LogP contribution in [-0.4, -0.2) is 35.5 Å². The number of nitrogens with one attached hydrogen (secondary N) is 2. The Balaban J connectivity index is 2.02. The first kappa shape index (κ1) is 7.85. The average Bonchev–Trinajstić information content (AvgIpc) is 3.02. The normalized spacial score (nSPS) is 10.7. The molecule has 0 aliphatic heterocycles. The zero-order valence-electron chi connectivity index (χ0n) is 7.38. The van der Waals surface area contributed by atoms with Gasteiger partial charge in [0.2, 0.25) is 5.82 Å². The van der Waals surface area contributed by atoms with Gasteiger partial charge >= 0.3 is 0 Å². The number of hydrogen-bond acceptors (Lipinski definition) is 6. The highest BCUT2D eigenvalue weighted by molar-refractivity contribution is 5.53. The molecule has 0 unspecified atom stereocenters. The van der Waals surface area contributed by atoms with Gasteiger partial charge in [-0.2, -0.15) is 15.2 Å². The molecule has 0 aliphatic rings. The highest BCUT2D eigenvalue weighted by atomic mass is 16.5. The first-order chi connectivity index (χ1) is 7.43. The van der Waals surface area contributed by atoms with E-state index in [0.717, 1.165) is 5.56 Å². The number of aromatic nitrogens is 7. The van der Waals surface area contributed by atoms with Gasteiger partial charge in [0.1, 0.15) is 6.33 Å². The smallest absolute Gasteiger partial charge is 0.261 e. The van der Waals surface area contributed by atoms with Gasteiger partial charge in [0.05, 0.1) is 11.8 Å². The molecule has 0 amide bonds. The molecule has 3 aromatic rings. The third-order valence-electron chi connectivity index (χ3n) is 1.80. The largest absolute Gasteiger partial charge is 0.333 e. The number of aromatic amines is 2. The fourth-order valence-electron chi connectivity index (χ4n) is 1.12. The van der Waals surface area contributed by atoms with Crippen molar-refractivity contribution < 1.29 is 4.52 Å². The van der Waals surface area contributed by atoms with Crippen LogP contribution in [0.5, 0.6) is 0 Å². The van der Waals surface area contributed by atoms with Crippen molar-refractivity contribution in [2.24, 2.45) is 0 Å². The highest BCUT2D eigenvalue weighted by Gasteiger charge is 2.12. The molecular formula is C7H5N7O. The molecule has 0 aliphatic carbocycles. The molecule has 8 nitrogen and oxygen atoms in total. The van der Waals surface area contributed by atoms with Crippen LogP contribution in [0.4, 0.5) is 0 Å². The van der Waals surface area contributed by atoms with Crippen LogP contribution in [0.1, 0.15) is 0 Å². The van der Waals surface area contributed by atoms with Crippen molar-refractivity contribution in [2.45, 2.75) is 0 Å². The monoisotopic (exact) mass is 203 g/mol. The van der Waals surface area contributed by atoms with E-state index in [2.05, 4.69) is 35.5 Å². The fourth-order valence-corrected chi connectivity index (χ4v) is 1.12. The molecule has 0 fully saturated rings. The number of nitrogens with zero attached hydrogens (tertiary/aromatic N) is 5. The molecule has 74 valence electrons. The summed E-state index contributed by atoms with van der Waals surface area (Å²) < 4.78 is 5.02. The van der Waals surface area contributed by atoms with E-state index in [9.17, 15) is 0 Å². The summed E-state index contributed by atoms with van der Waals surface area (Å²) in [6.07, 6.45) is 4.64. The van der Waals surface area contributed by atoms with Gasteiger partial charge in [0, 0.05) is 6.20 Å². The van der Waals surface area contributed by atoms with Gasteiger partial charge in [-0.3, -0.25) is 10.2 Å². The van der Waals surface area contributed by atoms with Gasteiger partial charge < -0.3 is 4.52 Å². The molecule has 0 saturated carbocycles. The quantitative estimate of drug-likeness (QED) is 0.617. The van der Waals surface area contributed by atoms with E-state index >= 15 is 0 Å². The maximum atomic E-state index is 5.02. The summed E-state index contributed by atoms with van der Waals surface area (Å²) in [6.45, 7) is 0. The van der Waals surface area contributed by atoms with Crippen molar-refractivity contribution in [3.63, 3.8) is 0 Å². The van der Waals surface area contributed by atoms with Crippen molar-refractivity contribution >= 4 is 0 Å². The highest BCUT2D eigenvalue weighted by Crippen LogP contribution is 2.17. The van der Waals surface area contributed by atoms with Gasteiger partial charge in [-0.15, -0.1) is 0 Å². The van der Waals surface area contributed by atoms with E-state index < -0.39 is 0 Å². The molecule has 0 radical (unpaired) electrons. The average molecular weight is 203 g/mol. The molecule has 3 aromatic heterocycles. The standard InChI is InChI=1S/C7H5N7O/c1-4(2-10-9-1)7-12-6(14-15-7)5-8-3-11-13-5/h1-3H,(H,9,10)(H,8,11,13). The lowest BCUT2D eigenvalue weighted by atomic mass is 10.4. The van der Waals surface area contributed by atoms with Crippen LogP contribution in [0.15, 0.2) is 23.2 Å². The molecule has 0 saturated heterocycles. The predicted molar refractivity (Wildman–Crippen MR) is 47.3 cm³/mol. The minimum atomic E-state index is 0.365. The van der Waals surface area contributed by atoms with Crippen LogP contribution in [0.2, 0.25) is 0 Å². The Kier molecular flexibility index (Phi) is 1.58. The van der Waals surface area contributed by atoms with Crippen LogP contribution in [0.25, 0.3) is 23.1 Å².